The van der Waals surface area contributed by atoms with Gasteiger partial charge >= 0.3 is 0 Å². The number of benzene rings is 1. The van der Waals surface area contributed by atoms with Crippen molar-refractivity contribution < 1.29 is 9.50 Å². The van der Waals surface area contributed by atoms with Gasteiger partial charge < -0.3 is 15.3 Å². The molecule has 0 radical (unpaired) electrons. The highest BCUT2D eigenvalue weighted by Gasteiger charge is 2.19. The summed E-state index contributed by atoms with van der Waals surface area (Å²) < 4.78 is 14.4. The van der Waals surface area contributed by atoms with E-state index in [4.69, 9.17) is 0 Å². The van der Waals surface area contributed by atoms with Crippen molar-refractivity contribution in [1.29, 1.82) is 0 Å². The smallest absolute Gasteiger partial charge is 0.146 e. The molecule has 5 nitrogen and oxygen atoms in total. The Balaban J connectivity index is 1.65. The highest BCUT2D eigenvalue weighted by Crippen LogP contribution is 2.24. The SMILES string of the molecule is Cc1cc(NCc2ccc(N3CCC(O)CC3)c(F)c2)ncn1. The second kappa shape index (κ2) is 6.91. The molecular formula is C17H21FN4O. The number of hydrogen-bond acceptors (Lipinski definition) is 5. The van der Waals surface area contributed by atoms with Crippen LogP contribution >= 0.6 is 0 Å². The van der Waals surface area contributed by atoms with Gasteiger partial charge in [-0.25, -0.2) is 14.4 Å². The van der Waals surface area contributed by atoms with E-state index >= 15 is 0 Å². The molecule has 6 heteroatoms. The number of nitrogens with zero attached hydrogens (tertiary/aromatic N) is 3. The minimum atomic E-state index is -0.255. The molecule has 1 aromatic carbocycles. The minimum Gasteiger partial charge on any atom is -0.393 e. The summed E-state index contributed by atoms with van der Waals surface area (Å²) in [7, 11) is 0. The molecule has 1 aromatic heterocycles. The summed E-state index contributed by atoms with van der Waals surface area (Å²) in [5.74, 6) is 0.506. The van der Waals surface area contributed by atoms with Crippen LogP contribution < -0.4 is 10.2 Å². The molecular weight excluding hydrogens is 295 g/mol. The van der Waals surface area contributed by atoms with Crippen LogP contribution in [0.15, 0.2) is 30.6 Å². The fourth-order valence-corrected chi connectivity index (χ4v) is 2.77. The van der Waals surface area contributed by atoms with Crippen molar-refractivity contribution in [2.45, 2.75) is 32.4 Å². The Hall–Kier alpha value is -2.21. The van der Waals surface area contributed by atoms with Gasteiger partial charge in [-0.3, -0.25) is 0 Å². The Labute approximate surface area is 135 Å². The number of aliphatic hydroxyl groups is 1. The highest BCUT2D eigenvalue weighted by atomic mass is 19.1. The van der Waals surface area contributed by atoms with Crippen molar-refractivity contribution in [2.24, 2.45) is 0 Å². The lowest BCUT2D eigenvalue weighted by molar-refractivity contribution is 0.145. The third-order valence-electron chi connectivity index (χ3n) is 4.09. The van der Waals surface area contributed by atoms with Crippen LogP contribution in [-0.4, -0.2) is 34.3 Å². The summed E-state index contributed by atoms with van der Waals surface area (Å²) in [6.07, 6.45) is 2.63. The normalized spacial score (nSPS) is 15.7. The molecule has 122 valence electrons. The van der Waals surface area contributed by atoms with Crippen LogP contribution in [0.5, 0.6) is 0 Å². The van der Waals surface area contributed by atoms with Crippen molar-refractivity contribution >= 4 is 11.5 Å². The Morgan fingerprint density at radius 3 is 2.74 bits per heavy atom. The maximum absolute atomic E-state index is 14.4. The van der Waals surface area contributed by atoms with Crippen molar-refractivity contribution in [3.8, 4) is 0 Å². The molecule has 0 unspecified atom stereocenters. The average molecular weight is 316 g/mol. The van der Waals surface area contributed by atoms with E-state index in [1.54, 1.807) is 6.07 Å². The van der Waals surface area contributed by atoms with Crippen molar-refractivity contribution in [3.05, 3.63) is 47.7 Å². The Bertz CT molecular complexity index is 671. The number of aromatic nitrogens is 2. The molecule has 0 spiro atoms. The number of aryl methyl sites for hydroxylation is 1. The number of hydrogen-bond donors (Lipinski definition) is 2. The zero-order valence-corrected chi connectivity index (χ0v) is 13.2. The lowest BCUT2D eigenvalue weighted by Crippen LogP contribution is -2.36. The lowest BCUT2D eigenvalue weighted by atomic mass is 10.1. The van der Waals surface area contributed by atoms with Gasteiger partial charge in [0.2, 0.25) is 0 Å². The number of anilines is 2. The zero-order valence-electron chi connectivity index (χ0n) is 13.2. The first-order valence-corrected chi connectivity index (χ1v) is 7.86. The molecule has 0 aliphatic carbocycles. The van der Waals surface area contributed by atoms with Crippen LogP contribution in [0.1, 0.15) is 24.1 Å². The van der Waals surface area contributed by atoms with Crippen molar-refractivity contribution in [1.82, 2.24) is 9.97 Å². The van der Waals surface area contributed by atoms with Crippen LogP contribution in [0.25, 0.3) is 0 Å². The molecule has 1 saturated heterocycles. The molecule has 0 saturated carbocycles. The first-order chi connectivity index (χ1) is 11.1. The van der Waals surface area contributed by atoms with Crippen LogP contribution in [0.3, 0.4) is 0 Å². The van der Waals surface area contributed by atoms with E-state index in [0.29, 0.717) is 38.2 Å². The predicted octanol–water partition coefficient (Wildman–Crippen LogP) is 2.50. The van der Waals surface area contributed by atoms with Gasteiger partial charge in [0.25, 0.3) is 0 Å². The fraction of sp³-hybridized carbons (Fsp3) is 0.412. The van der Waals surface area contributed by atoms with Gasteiger partial charge in [0.1, 0.15) is 18.0 Å². The summed E-state index contributed by atoms with van der Waals surface area (Å²) in [6.45, 7) is 3.79. The van der Waals surface area contributed by atoms with Gasteiger partial charge in [-0.05, 0) is 37.5 Å². The summed E-state index contributed by atoms with van der Waals surface area (Å²) >= 11 is 0. The molecule has 3 rings (SSSR count). The number of nitrogens with one attached hydrogen (secondary N) is 1. The van der Waals surface area contributed by atoms with E-state index in [1.165, 1.54) is 6.33 Å². The van der Waals surface area contributed by atoms with Gasteiger partial charge in [-0.1, -0.05) is 6.07 Å². The predicted molar refractivity (Wildman–Crippen MR) is 87.9 cm³/mol. The Morgan fingerprint density at radius 2 is 2.04 bits per heavy atom. The zero-order chi connectivity index (χ0) is 16.2. The lowest BCUT2D eigenvalue weighted by Gasteiger charge is -2.31. The van der Waals surface area contributed by atoms with Gasteiger partial charge in [0.05, 0.1) is 11.8 Å². The van der Waals surface area contributed by atoms with E-state index in [9.17, 15) is 9.50 Å². The van der Waals surface area contributed by atoms with Gasteiger partial charge in [0, 0.05) is 31.4 Å². The highest BCUT2D eigenvalue weighted by molar-refractivity contribution is 5.50. The molecule has 2 aromatic rings. The van der Waals surface area contributed by atoms with Crippen LogP contribution in [0, 0.1) is 12.7 Å². The topological polar surface area (TPSA) is 61.3 Å². The number of rotatable bonds is 4. The molecule has 0 amide bonds. The third kappa shape index (κ3) is 3.96. The maximum Gasteiger partial charge on any atom is 0.146 e. The monoisotopic (exact) mass is 316 g/mol. The molecule has 1 fully saturated rings. The largest absolute Gasteiger partial charge is 0.393 e. The Morgan fingerprint density at radius 1 is 1.26 bits per heavy atom. The molecule has 23 heavy (non-hydrogen) atoms. The van der Waals surface area contributed by atoms with E-state index < -0.39 is 0 Å². The second-order valence-electron chi connectivity index (χ2n) is 5.90. The number of aliphatic hydroxyl groups excluding tert-OH is 1. The fourth-order valence-electron chi connectivity index (χ4n) is 2.77. The van der Waals surface area contributed by atoms with Crippen molar-refractivity contribution in [2.75, 3.05) is 23.3 Å². The molecule has 1 aliphatic rings. The third-order valence-corrected chi connectivity index (χ3v) is 4.09. The van der Waals surface area contributed by atoms with Gasteiger partial charge in [-0.15, -0.1) is 0 Å². The quantitative estimate of drug-likeness (QED) is 0.907. The van der Waals surface area contributed by atoms with Gasteiger partial charge in [0.15, 0.2) is 0 Å². The summed E-state index contributed by atoms with van der Waals surface area (Å²) in [4.78, 5) is 10.2. The molecule has 2 N–H and O–H groups in total. The number of halogens is 1. The maximum atomic E-state index is 14.4. The molecule has 1 aliphatic heterocycles. The summed E-state index contributed by atoms with van der Waals surface area (Å²) in [6, 6.07) is 7.14. The Kier molecular flexibility index (Phi) is 4.71. The molecule has 0 bridgehead atoms. The van der Waals surface area contributed by atoms with E-state index in [1.807, 2.05) is 30.0 Å². The average Bonchev–Trinajstić information content (AvgIpc) is 2.54. The second-order valence-corrected chi connectivity index (χ2v) is 5.90. The summed E-state index contributed by atoms with van der Waals surface area (Å²) in [5.41, 5.74) is 2.36. The van der Waals surface area contributed by atoms with Crippen LogP contribution in [0.4, 0.5) is 15.9 Å². The number of piperidine rings is 1. The molecule has 0 atom stereocenters. The first kappa shape index (κ1) is 15.7. The van der Waals surface area contributed by atoms with Crippen LogP contribution in [0.2, 0.25) is 0 Å². The molecule has 2 heterocycles. The van der Waals surface area contributed by atoms with Crippen LogP contribution in [-0.2, 0) is 6.54 Å². The van der Waals surface area contributed by atoms with Gasteiger partial charge in [-0.2, -0.15) is 0 Å². The minimum absolute atomic E-state index is 0.223. The standard InChI is InChI=1S/C17H21FN4O/c1-12-8-17(21-11-20-12)19-10-13-2-3-16(15(18)9-13)22-6-4-14(23)5-7-22/h2-3,8-9,11,14,23H,4-7,10H2,1H3,(H,19,20,21). The van der Waals surface area contributed by atoms with Crippen molar-refractivity contribution in [3.63, 3.8) is 0 Å². The first-order valence-electron chi connectivity index (χ1n) is 7.86. The van der Waals surface area contributed by atoms with E-state index in [0.717, 1.165) is 17.1 Å². The van der Waals surface area contributed by atoms with E-state index in [-0.39, 0.29) is 11.9 Å². The summed E-state index contributed by atoms with van der Waals surface area (Å²) in [5, 5.41) is 12.7. The van der Waals surface area contributed by atoms with E-state index in [2.05, 4.69) is 15.3 Å².